The maximum Gasteiger partial charge on any atom is 0.300 e. The third kappa shape index (κ3) is 22.5. The van der Waals surface area contributed by atoms with Crippen molar-refractivity contribution in [2.24, 2.45) is 0 Å². The number of nitrogens with zero attached hydrogens (tertiary/aromatic N) is 1. The highest BCUT2D eigenvalue weighted by molar-refractivity contribution is 5.62. The van der Waals surface area contributed by atoms with Crippen LogP contribution in [-0.2, 0) is 4.79 Å². The Labute approximate surface area is 88.1 Å². The van der Waals surface area contributed by atoms with Crippen LogP contribution in [-0.4, -0.2) is 36.1 Å². The zero-order chi connectivity index (χ0) is 11.4. The van der Waals surface area contributed by atoms with Gasteiger partial charge in [0.05, 0.1) is 0 Å². The highest BCUT2D eigenvalue weighted by Crippen LogP contribution is 1.94. The molecule has 0 aliphatic heterocycles. The van der Waals surface area contributed by atoms with Crippen LogP contribution in [0, 0.1) is 0 Å². The van der Waals surface area contributed by atoms with Crippen LogP contribution in [0.2, 0.25) is 0 Å². The van der Waals surface area contributed by atoms with Gasteiger partial charge in [0.25, 0.3) is 5.97 Å². The van der Waals surface area contributed by atoms with Crippen molar-refractivity contribution < 1.29 is 9.90 Å². The standard InChI is InChI=1S/C9H21N.C2H4O2/c1-4-6-8-10(3)9-7-5-2;1-2(3)4/h4-9H2,1-3H3;1H3,(H,3,4). The first-order chi connectivity index (χ1) is 6.54. The summed E-state index contributed by atoms with van der Waals surface area (Å²) in [6, 6.07) is 0. The minimum absolute atomic E-state index is 0.833. The first-order valence-corrected chi connectivity index (χ1v) is 5.42. The van der Waals surface area contributed by atoms with Gasteiger partial charge in [-0.2, -0.15) is 0 Å². The Morgan fingerprint density at radius 1 is 1.14 bits per heavy atom. The van der Waals surface area contributed by atoms with Gasteiger partial charge in [0.15, 0.2) is 0 Å². The second-order valence-electron chi connectivity index (χ2n) is 3.53. The molecule has 0 unspecified atom stereocenters. The molecule has 0 amide bonds. The Hall–Kier alpha value is -0.570. The fraction of sp³-hybridized carbons (Fsp3) is 0.909. The molecule has 86 valence electrons. The quantitative estimate of drug-likeness (QED) is 0.721. The van der Waals surface area contributed by atoms with E-state index in [-0.39, 0.29) is 0 Å². The van der Waals surface area contributed by atoms with E-state index in [4.69, 9.17) is 9.90 Å². The Balaban J connectivity index is 0. The summed E-state index contributed by atoms with van der Waals surface area (Å²) in [5.41, 5.74) is 0. The van der Waals surface area contributed by atoms with Crippen molar-refractivity contribution in [2.75, 3.05) is 20.1 Å². The molecule has 0 saturated carbocycles. The summed E-state index contributed by atoms with van der Waals surface area (Å²) in [6.45, 7) is 8.12. The number of carbonyl (C=O) groups is 1. The third-order valence-corrected chi connectivity index (χ3v) is 1.79. The van der Waals surface area contributed by atoms with Crippen LogP contribution >= 0.6 is 0 Å². The number of unbranched alkanes of at least 4 members (excludes halogenated alkanes) is 2. The van der Waals surface area contributed by atoms with Gasteiger partial charge in [-0.05, 0) is 33.0 Å². The molecule has 0 bridgehead atoms. The van der Waals surface area contributed by atoms with Gasteiger partial charge in [-0.25, -0.2) is 0 Å². The summed E-state index contributed by atoms with van der Waals surface area (Å²) in [5, 5.41) is 7.42. The van der Waals surface area contributed by atoms with E-state index in [0.29, 0.717) is 0 Å². The highest BCUT2D eigenvalue weighted by atomic mass is 16.4. The van der Waals surface area contributed by atoms with Crippen molar-refractivity contribution in [1.29, 1.82) is 0 Å². The molecule has 3 nitrogen and oxygen atoms in total. The zero-order valence-corrected chi connectivity index (χ0v) is 10.0. The fourth-order valence-corrected chi connectivity index (χ4v) is 0.968. The molecule has 0 aromatic heterocycles. The monoisotopic (exact) mass is 203 g/mol. The van der Waals surface area contributed by atoms with Crippen molar-refractivity contribution >= 4 is 5.97 Å². The van der Waals surface area contributed by atoms with Gasteiger partial charge >= 0.3 is 0 Å². The van der Waals surface area contributed by atoms with E-state index in [0.717, 1.165) is 6.92 Å². The second kappa shape index (κ2) is 12.4. The van der Waals surface area contributed by atoms with Gasteiger partial charge in [-0.3, -0.25) is 4.79 Å². The minimum Gasteiger partial charge on any atom is -0.481 e. The first kappa shape index (κ1) is 15.9. The van der Waals surface area contributed by atoms with Crippen LogP contribution < -0.4 is 0 Å². The average molecular weight is 203 g/mol. The fourth-order valence-electron chi connectivity index (χ4n) is 0.968. The van der Waals surface area contributed by atoms with Crippen molar-refractivity contribution in [3.8, 4) is 0 Å². The summed E-state index contributed by atoms with van der Waals surface area (Å²) in [6.07, 6.45) is 5.33. The number of carboxylic acid groups (broad SMARTS) is 1. The van der Waals surface area contributed by atoms with Gasteiger partial charge in [0, 0.05) is 6.92 Å². The Morgan fingerprint density at radius 2 is 1.43 bits per heavy atom. The zero-order valence-electron chi connectivity index (χ0n) is 10.0. The summed E-state index contributed by atoms with van der Waals surface area (Å²) >= 11 is 0. The Morgan fingerprint density at radius 3 is 1.64 bits per heavy atom. The molecule has 0 atom stereocenters. The van der Waals surface area contributed by atoms with E-state index < -0.39 is 5.97 Å². The molecule has 0 saturated heterocycles. The molecule has 0 aliphatic carbocycles. The lowest BCUT2D eigenvalue weighted by Crippen LogP contribution is -2.20. The highest BCUT2D eigenvalue weighted by Gasteiger charge is 1.94. The molecular formula is C11H25NO2. The van der Waals surface area contributed by atoms with Gasteiger partial charge in [-0.1, -0.05) is 26.7 Å². The number of hydrogen-bond acceptors (Lipinski definition) is 2. The smallest absolute Gasteiger partial charge is 0.300 e. The van der Waals surface area contributed by atoms with Gasteiger partial charge < -0.3 is 10.0 Å². The Bertz CT molecular complexity index is 114. The van der Waals surface area contributed by atoms with Crippen LogP contribution in [0.15, 0.2) is 0 Å². The number of rotatable bonds is 6. The predicted octanol–water partition coefficient (Wildman–Crippen LogP) is 2.61. The lowest BCUT2D eigenvalue weighted by Gasteiger charge is -2.14. The van der Waals surface area contributed by atoms with Crippen molar-refractivity contribution in [2.45, 2.75) is 46.5 Å². The molecule has 0 heterocycles. The van der Waals surface area contributed by atoms with Crippen LogP contribution in [0.1, 0.15) is 46.5 Å². The molecule has 0 aromatic rings. The molecule has 1 N–H and O–H groups in total. The third-order valence-electron chi connectivity index (χ3n) is 1.79. The Kier molecular flexibility index (Phi) is 14.1. The topological polar surface area (TPSA) is 40.5 Å². The maximum absolute atomic E-state index is 9.00. The predicted molar refractivity (Wildman–Crippen MR) is 60.6 cm³/mol. The largest absolute Gasteiger partial charge is 0.481 e. The van der Waals surface area contributed by atoms with E-state index in [1.54, 1.807) is 0 Å². The van der Waals surface area contributed by atoms with Crippen LogP contribution in [0.25, 0.3) is 0 Å². The molecule has 0 rings (SSSR count). The number of carboxylic acids is 1. The molecular weight excluding hydrogens is 178 g/mol. The minimum atomic E-state index is -0.833. The van der Waals surface area contributed by atoms with Crippen LogP contribution in [0.5, 0.6) is 0 Å². The number of aliphatic carboxylic acids is 1. The van der Waals surface area contributed by atoms with Crippen molar-refractivity contribution in [3.63, 3.8) is 0 Å². The summed E-state index contributed by atoms with van der Waals surface area (Å²) in [4.78, 5) is 11.4. The molecule has 0 spiro atoms. The lowest BCUT2D eigenvalue weighted by molar-refractivity contribution is -0.134. The normalized spacial score (nSPS) is 9.50. The first-order valence-electron chi connectivity index (χ1n) is 5.42. The van der Waals surface area contributed by atoms with Gasteiger partial charge in [0.2, 0.25) is 0 Å². The van der Waals surface area contributed by atoms with E-state index in [9.17, 15) is 0 Å². The van der Waals surface area contributed by atoms with Crippen molar-refractivity contribution in [1.82, 2.24) is 4.90 Å². The molecule has 0 aromatic carbocycles. The molecule has 0 aliphatic rings. The SMILES string of the molecule is CC(=O)O.CCCCN(C)CCCC. The second-order valence-corrected chi connectivity index (χ2v) is 3.53. The van der Waals surface area contributed by atoms with E-state index in [2.05, 4.69) is 25.8 Å². The van der Waals surface area contributed by atoms with Gasteiger partial charge in [-0.15, -0.1) is 0 Å². The van der Waals surface area contributed by atoms with Gasteiger partial charge in [0.1, 0.15) is 0 Å². The average Bonchev–Trinajstić information content (AvgIpc) is 2.10. The summed E-state index contributed by atoms with van der Waals surface area (Å²) < 4.78 is 0. The summed E-state index contributed by atoms with van der Waals surface area (Å²) in [5.74, 6) is -0.833. The van der Waals surface area contributed by atoms with Crippen LogP contribution in [0.4, 0.5) is 0 Å². The molecule has 0 fully saturated rings. The van der Waals surface area contributed by atoms with Crippen molar-refractivity contribution in [3.05, 3.63) is 0 Å². The maximum atomic E-state index is 9.00. The molecule has 0 radical (unpaired) electrons. The van der Waals surface area contributed by atoms with Crippen LogP contribution in [0.3, 0.4) is 0 Å². The summed E-state index contributed by atoms with van der Waals surface area (Å²) in [7, 11) is 2.21. The van der Waals surface area contributed by atoms with E-state index in [1.807, 2.05) is 0 Å². The van der Waals surface area contributed by atoms with E-state index in [1.165, 1.54) is 38.8 Å². The molecule has 14 heavy (non-hydrogen) atoms. The lowest BCUT2D eigenvalue weighted by atomic mass is 10.3. The van der Waals surface area contributed by atoms with E-state index >= 15 is 0 Å². The molecule has 3 heteroatoms. The number of hydrogen-bond donors (Lipinski definition) is 1.